The van der Waals surface area contributed by atoms with Crippen LogP contribution in [0.2, 0.25) is 0 Å². The number of urea groups is 1. The number of benzene rings is 3. The van der Waals surface area contributed by atoms with Crippen LogP contribution in [0.3, 0.4) is 0 Å². The van der Waals surface area contributed by atoms with E-state index in [-0.39, 0.29) is 10.9 Å². The Kier molecular flexibility index (Phi) is 7.50. The monoisotopic (exact) mass is 520 g/mol. The van der Waals surface area contributed by atoms with E-state index >= 15 is 0 Å². The highest BCUT2D eigenvalue weighted by Crippen LogP contribution is 2.21. The van der Waals surface area contributed by atoms with Crippen molar-refractivity contribution in [1.82, 2.24) is 4.31 Å². The van der Waals surface area contributed by atoms with Crippen LogP contribution in [0.5, 0.6) is 0 Å². The van der Waals surface area contributed by atoms with Crippen LogP contribution in [0.4, 0.5) is 16.2 Å². The number of carbonyl (C=O) groups is 1. The molecule has 5 rings (SSSR count). The normalized spacial score (nSPS) is 18.1. The highest BCUT2D eigenvalue weighted by molar-refractivity contribution is 7.89. The Bertz CT molecular complexity index is 1350. The van der Waals surface area contributed by atoms with Crippen LogP contribution in [0.25, 0.3) is 0 Å². The van der Waals surface area contributed by atoms with Gasteiger partial charge in [0.15, 0.2) is 0 Å². The molecule has 3 aromatic carbocycles. The molecule has 1 saturated heterocycles. The van der Waals surface area contributed by atoms with Crippen LogP contribution in [-0.2, 0) is 25.9 Å². The molecule has 2 heterocycles. The fourth-order valence-corrected chi connectivity index (χ4v) is 5.61. The molecule has 1 unspecified atom stereocenters. The van der Waals surface area contributed by atoms with E-state index in [1.54, 1.807) is 24.3 Å². The van der Waals surface area contributed by atoms with Gasteiger partial charge in [0.2, 0.25) is 15.9 Å². The summed E-state index contributed by atoms with van der Waals surface area (Å²) in [5, 5.41) is 5.50. The Morgan fingerprint density at radius 3 is 2.16 bits per heavy atom. The molecule has 37 heavy (non-hydrogen) atoms. The standard InChI is InChI=1S/C27H28N4O5S/c32-27(30-23-10-12-25(13-11-23)37(33,34)31-14-16-35-17-15-31)29-22-8-6-21(7-9-22)26-28-24(19-36-26)18-20-4-2-1-3-5-20/h1-13,24H,14-19H2,(H2,29,30,32). The molecule has 10 heteroatoms. The van der Waals surface area contributed by atoms with Gasteiger partial charge in [-0.05, 0) is 60.5 Å². The van der Waals surface area contributed by atoms with E-state index in [4.69, 9.17) is 14.5 Å². The number of anilines is 2. The van der Waals surface area contributed by atoms with E-state index in [9.17, 15) is 13.2 Å². The lowest BCUT2D eigenvalue weighted by atomic mass is 10.1. The molecule has 2 aliphatic rings. The number of nitrogens with zero attached hydrogens (tertiary/aromatic N) is 2. The topological polar surface area (TPSA) is 109 Å². The number of aliphatic imine (C=N–C) groups is 1. The van der Waals surface area contributed by atoms with Crippen LogP contribution >= 0.6 is 0 Å². The highest BCUT2D eigenvalue weighted by Gasteiger charge is 2.26. The highest BCUT2D eigenvalue weighted by atomic mass is 32.2. The lowest BCUT2D eigenvalue weighted by Gasteiger charge is -2.26. The molecule has 0 spiro atoms. The summed E-state index contributed by atoms with van der Waals surface area (Å²) >= 11 is 0. The summed E-state index contributed by atoms with van der Waals surface area (Å²) in [4.78, 5) is 17.3. The van der Waals surface area contributed by atoms with Gasteiger partial charge >= 0.3 is 6.03 Å². The van der Waals surface area contributed by atoms with Gasteiger partial charge in [0.25, 0.3) is 0 Å². The molecule has 2 N–H and O–H groups in total. The van der Waals surface area contributed by atoms with E-state index in [0.29, 0.717) is 50.2 Å². The van der Waals surface area contributed by atoms with Crippen molar-refractivity contribution in [1.29, 1.82) is 0 Å². The Balaban J connectivity index is 1.15. The number of morpholine rings is 1. The van der Waals surface area contributed by atoms with Gasteiger partial charge in [-0.2, -0.15) is 4.31 Å². The summed E-state index contributed by atoms with van der Waals surface area (Å²) in [5.41, 5.74) is 3.15. The summed E-state index contributed by atoms with van der Waals surface area (Å²) in [7, 11) is -3.58. The number of hydrogen-bond donors (Lipinski definition) is 2. The van der Waals surface area contributed by atoms with Gasteiger partial charge in [-0.3, -0.25) is 0 Å². The maximum absolute atomic E-state index is 12.7. The van der Waals surface area contributed by atoms with E-state index in [1.165, 1.54) is 22.0 Å². The number of hydrogen-bond acceptors (Lipinski definition) is 6. The van der Waals surface area contributed by atoms with Crippen molar-refractivity contribution in [3.05, 3.63) is 90.0 Å². The number of amides is 2. The van der Waals surface area contributed by atoms with E-state index in [1.807, 2.05) is 30.3 Å². The van der Waals surface area contributed by atoms with Crippen LogP contribution < -0.4 is 10.6 Å². The zero-order valence-corrected chi connectivity index (χ0v) is 21.0. The predicted octanol–water partition coefficient (Wildman–Crippen LogP) is 3.74. The smallest absolute Gasteiger partial charge is 0.323 e. The second-order valence-corrected chi connectivity index (χ2v) is 10.7. The number of rotatable bonds is 7. The molecule has 0 bridgehead atoms. The van der Waals surface area contributed by atoms with Crippen molar-refractivity contribution in [2.75, 3.05) is 43.5 Å². The van der Waals surface area contributed by atoms with Crippen LogP contribution in [-0.4, -0.2) is 63.6 Å². The summed E-state index contributed by atoms with van der Waals surface area (Å²) in [6, 6.07) is 23.2. The molecule has 0 aliphatic carbocycles. The van der Waals surface area contributed by atoms with Crippen molar-refractivity contribution >= 4 is 33.3 Å². The van der Waals surface area contributed by atoms with Crippen molar-refractivity contribution in [2.24, 2.45) is 4.99 Å². The van der Waals surface area contributed by atoms with Gasteiger partial charge in [-0.1, -0.05) is 30.3 Å². The minimum atomic E-state index is -3.58. The SMILES string of the molecule is O=C(Nc1ccc(C2=NC(Cc3ccccc3)CO2)cc1)Nc1ccc(S(=O)(=O)N2CCOCC2)cc1. The van der Waals surface area contributed by atoms with Gasteiger partial charge < -0.3 is 20.1 Å². The molecule has 1 atom stereocenters. The van der Waals surface area contributed by atoms with E-state index < -0.39 is 16.1 Å². The Hall–Kier alpha value is -3.73. The molecule has 2 aliphatic heterocycles. The molecular weight excluding hydrogens is 492 g/mol. The van der Waals surface area contributed by atoms with Gasteiger partial charge in [-0.15, -0.1) is 0 Å². The third-order valence-electron chi connectivity index (χ3n) is 6.14. The lowest BCUT2D eigenvalue weighted by molar-refractivity contribution is 0.0730. The van der Waals surface area contributed by atoms with Crippen LogP contribution in [0.15, 0.2) is 88.8 Å². The first-order valence-electron chi connectivity index (χ1n) is 12.1. The Morgan fingerprint density at radius 1 is 0.892 bits per heavy atom. The molecule has 9 nitrogen and oxygen atoms in total. The summed E-state index contributed by atoms with van der Waals surface area (Å²) in [5.74, 6) is 0.601. The Labute approximate surface area is 216 Å². The molecule has 0 saturated carbocycles. The third kappa shape index (κ3) is 6.16. The van der Waals surface area contributed by atoms with Crippen molar-refractivity contribution in [2.45, 2.75) is 17.4 Å². The first kappa shape index (κ1) is 24.9. The maximum atomic E-state index is 12.7. The minimum absolute atomic E-state index is 0.0798. The number of carbonyl (C=O) groups excluding carboxylic acids is 1. The van der Waals surface area contributed by atoms with Gasteiger partial charge in [-0.25, -0.2) is 18.2 Å². The van der Waals surface area contributed by atoms with Gasteiger partial charge in [0.1, 0.15) is 6.61 Å². The lowest BCUT2D eigenvalue weighted by Crippen LogP contribution is -2.40. The van der Waals surface area contributed by atoms with E-state index in [2.05, 4.69) is 22.8 Å². The van der Waals surface area contributed by atoms with Crippen LogP contribution in [0.1, 0.15) is 11.1 Å². The quantitative estimate of drug-likeness (QED) is 0.493. The zero-order valence-electron chi connectivity index (χ0n) is 20.2. The first-order valence-corrected chi connectivity index (χ1v) is 13.5. The van der Waals surface area contributed by atoms with Crippen molar-refractivity contribution in [3.8, 4) is 0 Å². The zero-order chi connectivity index (χ0) is 25.7. The van der Waals surface area contributed by atoms with Gasteiger partial charge in [0.05, 0.1) is 24.2 Å². The molecule has 1 fully saturated rings. The number of ether oxygens (including phenoxy) is 2. The largest absolute Gasteiger partial charge is 0.475 e. The average Bonchev–Trinajstić information content (AvgIpc) is 3.39. The predicted molar refractivity (Wildman–Crippen MR) is 142 cm³/mol. The second kappa shape index (κ2) is 11.1. The molecule has 2 amide bonds. The Morgan fingerprint density at radius 2 is 1.51 bits per heavy atom. The summed E-state index contributed by atoms with van der Waals surface area (Å²) in [6.07, 6.45) is 0.824. The van der Waals surface area contributed by atoms with Crippen LogP contribution in [0, 0.1) is 0 Å². The molecule has 3 aromatic rings. The number of sulfonamides is 1. The van der Waals surface area contributed by atoms with Crippen molar-refractivity contribution < 1.29 is 22.7 Å². The summed E-state index contributed by atoms with van der Waals surface area (Å²) in [6.45, 7) is 1.97. The average molecular weight is 521 g/mol. The van der Waals surface area contributed by atoms with Crippen molar-refractivity contribution in [3.63, 3.8) is 0 Å². The number of nitrogens with one attached hydrogen (secondary N) is 2. The fraction of sp³-hybridized carbons (Fsp3) is 0.259. The van der Waals surface area contributed by atoms with Gasteiger partial charge in [0, 0.05) is 30.0 Å². The fourth-order valence-electron chi connectivity index (χ4n) is 4.20. The second-order valence-electron chi connectivity index (χ2n) is 8.79. The van der Waals surface area contributed by atoms with E-state index in [0.717, 1.165) is 12.0 Å². The summed E-state index contributed by atoms with van der Waals surface area (Å²) < 4.78 is 37.9. The molecular formula is C27H28N4O5S. The maximum Gasteiger partial charge on any atom is 0.323 e. The molecule has 192 valence electrons. The molecule has 0 radical (unpaired) electrons. The molecule has 0 aromatic heterocycles. The third-order valence-corrected chi connectivity index (χ3v) is 8.05. The first-order chi connectivity index (χ1) is 18.0. The minimum Gasteiger partial charge on any atom is -0.475 e.